The average Bonchev–Trinajstić information content (AvgIpc) is 2.67. The maximum absolute atomic E-state index is 12.8. The Bertz CT molecular complexity index is 1170. The van der Waals surface area contributed by atoms with Crippen molar-refractivity contribution in [2.45, 2.75) is 25.7 Å². The van der Waals surface area contributed by atoms with E-state index < -0.39 is 10.0 Å². The lowest BCUT2D eigenvalue weighted by atomic mass is 10.1. The number of anilines is 2. The van der Waals surface area contributed by atoms with Crippen LogP contribution in [-0.4, -0.2) is 21.4 Å². The molecule has 3 aromatic rings. The Kier molecular flexibility index (Phi) is 6.12. The molecule has 0 unspecified atom stereocenters. The Hall–Kier alpha value is -3.32. The smallest absolute Gasteiger partial charge is 0.261 e. The number of ether oxygens (including phenoxy) is 1. The first-order valence-electron chi connectivity index (χ1n) is 9.35. The summed E-state index contributed by atoms with van der Waals surface area (Å²) in [6, 6.07) is 16.8. The number of carbonyl (C=O) groups excluding carboxylic acids is 1. The highest BCUT2D eigenvalue weighted by Gasteiger charge is 2.18. The summed E-state index contributed by atoms with van der Waals surface area (Å²) in [4.78, 5) is 12.8. The predicted octanol–water partition coefficient (Wildman–Crippen LogP) is 4.67. The first-order chi connectivity index (χ1) is 14.2. The van der Waals surface area contributed by atoms with E-state index in [1.54, 1.807) is 37.3 Å². The fraction of sp³-hybridized carbons (Fsp3) is 0.174. The minimum atomic E-state index is -3.86. The molecule has 0 spiro atoms. The molecule has 3 rings (SSSR count). The van der Waals surface area contributed by atoms with E-state index in [2.05, 4.69) is 10.0 Å². The Labute approximate surface area is 177 Å². The minimum Gasteiger partial charge on any atom is -0.497 e. The van der Waals surface area contributed by atoms with Crippen LogP contribution in [0.1, 0.15) is 27.0 Å². The van der Waals surface area contributed by atoms with Crippen molar-refractivity contribution < 1.29 is 17.9 Å². The van der Waals surface area contributed by atoms with Gasteiger partial charge >= 0.3 is 0 Å². The molecule has 0 saturated carbocycles. The van der Waals surface area contributed by atoms with Crippen LogP contribution in [0.25, 0.3) is 0 Å². The van der Waals surface area contributed by atoms with Gasteiger partial charge in [0, 0.05) is 16.9 Å². The first-order valence-corrected chi connectivity index (χ1v) is 10.8. The van der Waals surface area contributed by atoms with E-state index in [0.717, 1.165) is 11.1 Å². The van der Waals surface area contributed by atoms with Gasteiger partial charge in [-0.3, -0.25) is 9.52 Å². The SMILES string of the molecule is COc1ccc(NS(=O)(=O)c2ccc(C)c(C(=O)Nc3cc(C)cc(C)c3)c2)cc1. The highest BCUT2D eigenvalue weighted by molar-refractivity contribution is 7.92. The molecule has 3 aromatic carbocycles. The molecule has 0 fully saturated rings. The van der Waals surface area contributed by atoms with Crippen LogP contribution in [0.5, 0.6) is 5.75 Å². The number of aryl methyl sites for hydroxylation is 3. The number of amides is 1. The molecule has 0 saturated heterocycles. The van der Waals surface area contributed by atoms with Crippen molar-refractivity contribution in [3.8, 4) is 5.75 Å². The van der Waals surface area contributed by atoms with Crippen molar-refractivity contribution >= 4 is 27.3 Å². The van der Waals surface area contributed by atoms with Crippen LogP contribution in [0.2, 0.25) is 0 Å². The normalized spacial score (nSPS) is 11.1. The lowest BCUT2D eigenvalue weighted by Gasteiger charge is -2.13. The molecule has 30 heavy (non-hydrogen) atoms. The first kappa shape index (κ1) is 21.4. The van der Waals surface area contributed by atoms with Gasteiger partial charge in [-0.1, -0.05) is 12.1 Å². The van der Waals surface area contributed by atoms with Crippen LogP contribution in [0.4, 0.5) is 11.4 Å². The summed E-state index contributed by atoms with van der Waals surface area (Å²) in [5.41, 5.74) is 4.11. The van der Waals surface area contributed by atoms with Gasteiger partial charge in [0.05, 0.1) is 12.0 Å². The number of methoxy groups -OCH3 is 1. The van der Waals surface area contributed by atoms with Crippen molar-refractivity contribution in [1.82, 2.24) is 0 Å². The summed E-state index contributed by atoms with van der Waals surface area (Å²) in [7, 11) is -2.32. The Morgan fingerprint density at radius 1 is 0.833 bits per heavy atom. The van der Waals surface area contributed by atoms with Crippen LogP contribution >= 0.6 is 0 Å². The number of carbonyl (C=O) groups is 1. The highest BCUT2D eigenvalue weighted by atomic mass is 32.2. The second kappa shape index (κ2) is 8.59. The van der Waals surface area contributed by atoms with E-state index >= 15 is 0 Å². The highest BCUT2D eigenvalue weighted by Crippen LogP contribution is 2.22. The average molecular weight is 425 g/mol. The molecule has 0 aromatic heterocycles. The Morgan fingerprint density at radius 3 is 2.07 bits per heavy atom. The van der Waals surface area contributed by atoms with E-state index in [1.165, 1.54) is 19.2 Å². The summed E-state index contributed by atoms with van der Waals surface area (Å²) in [6.07, 6.45) is 0. The summed E-state index contributed by atoms with van der Waals surface area (Å²) in [5, 5.41) is 2.85. The van der Waals surface area contributed by atoms with Gasteiger partial charge in [0.2, 0.25) is 0 Å². The van der Waals surface area contributed by atoms with Gasteiger partial charge in [-0.25, -0.2) is 8.42 Å². The molecule has 7 heteroatoms. The van der Waals surface area contributed by atoms with E-state index in [1.807, 2.05) is 32.0 Å². The van der Waals surface area contributed by atoms with E-state index in [0.29, 0.717) is 28.3 Å². The number of hydrogen-bond donors (Lipinski definition) is 2. The minimum absolute atomic E-state index is 0.00879. The quantitative estimate of drug-likeness (QED) is 0.602. The third kappa shape index (κ3) is 4.99. The lowest BCUT2D eigenvalue weighted by Crippen LogP contribution is -2.17. The molecule has 6 nitrogen and oxygen atoms in total. The maximum atomic E-state index is 12.8. The molecule has 0 bridgehead atoms. The van der Waals surface area contributed by atoms with Crippen LogP contribution in [0.15, 0.2) is 65.6 Å². The van der Waals surface area contributed by atoms with Crippen LogP contribution in [-0.2, 0) is 10.0 Å². The van der Waals surface area contributed by atoms with E-state index in [4.69, 9.17) is 4.74 Å². The predicted molar refractivity (Wildman–Crippen MR) is 119 cm³/mol. The summed E-state index contributed by atoms with van der Waals surface area (Å²) in [6.45, 7) is 5.67. The standard InChI is InChI=1S/C23H24N2O4S/c1-15-11-16(2)13-19(12-15)24-23(26)22-14-21(10-5-17(22)3)30(27,28)25-18-6-8-20(29-4)9-7-18/h5-14,25H,1-4H3,(H,24,26). The number of hydrogen-bond acceptors (Lipinski definition) is 4. The van der Waals surface area contributed by atoms with Crippen molar-refractivity contribution in [1.29, 1.82) is 0 Å². The molecule has 156 valence electrons. The van der Waals surface area contributed by atoms with Crippen molar-refractivity contribution in [2.75, 3.05) is 17.1 Å². The maximum Gasteiger partial charge on any atom is 0.261 e. The number of benzene rings is 3. The van der Waals surface area contributed by atoms with Crippen LogP contribution < -0.4 is 14.8 Å². The van der Waals surface area contributed by atoms with Gasteiger partial charge in [-0.05, 0) is 86.0 Å². The third-order valence-electron chi connectivity index (χ3n) is 4.59. The van der Waals surface area contributed by atoms with Crippen LogP contribution in [0, 0.1) is 20.8 Å². The van der Waals surface area contributed by atoms with E-state index in [9.17, 15) is 13.2 Å². The fourth-order valence-corrected chi connectivity index (χ4v) is 4.22. The number of sulfonamides is 1. The van der Waals surface area contributed by atoms with E-state index in [-0.39, 0.29) is 10.8 Å². The molecule has 0 aliphatic carbocycles. The van der Waals surface area contributed by atoms with Gasteiger partial charge in [-0.15, -0.1) is 0 Å². The van der Waals surface area contributed by atoms with Crippen molar-refractivity contribution in [3.63, 3.8) is 0 Å². The number of nitrogens with one attached hydrogen (secondary N) is 2. The summed E-state index contributed by atoms with van der Waals surface area (Å²) in [5.74, 6) is 0.262. The zero-order chi connectivity index (χ0) is 21.9. The molecular weight excluding hydrogens is 400 g/mol. The Balaban J connectivity index is 1.86. The second-order valence-electron chi connectivity index (χ2n) is 7.14. The van der Waals surface area contributed by atoms with Crippen molar-refractivity contribution in [3.05, 3.63) is 82.9 Å². The van der Waals surface area contributed by atoms with Gasteiger partial charge in [0.15, 0.2) is 0 Å². The monoisotopic (exact) mass is 424 g/mol. The Morgan fingerprint density at radius 2 is 1.47 bits per heavy atom. The topological polar surface area (TPSA) is 84.5 Å². The second-order valence-corrected chi connectivity index (χ2v) is 8.82. The number of rotatable bonds is 6. The molecule has 0 heterocycles. The van der Waals surface area contributed by atoms with Gasteiger partial charge in [0.1, 0.15) is 5.75 Å². The largest absolute Gasteiger partial charge is 0.497 e. The van der Waals surface area contributed by atoms with Gasteiger partial charge in [0.25, 0.3) is 15.9 Å². The molecule has 0 atom stereocenters. The molecule has 0 aliphatic heterocycles. The summed E-state index contributed by atoms with van der Waals surface area (Å²) >= 11 is 0. The van der Waals surface area contributed by atoms with Gasteiger partial charge < -0.3 is 10.1 Å². The molecular formula is C23H24N2O4S. The lowest BCUT2D eigenvalue weighted by molar-refractivity contribution is 0.102. The zero-order valence-electron chi connectivity index (χ0n) is 17.3. The zero-order valence-corrected chi connectivity index (χ0v) is 18.1. The third-order valence-corrected chi connectivity index (χ3v) is 5.96. The molecule has 0 aliphatic rings. The molecule has 1 amide bonds. The van der Waals surface area contributed by atoms with Crippen molar-refractivity contribution in [2.24, 2.45) is 0 Å². The molecule has 2 N–H and O–H groups in total. The summed E-state index contributed by atoms with van der Waals surface area (Å²) < 4.78 is 33.2. The fourth-order valence-electron chi connectivity index (χ4n) is 3.13. The van der Waals surface area contributed by atoms with Crippen LogP contribution in [0.3, 0.4) is 0 Å². The van der Waals surface area contributed by atoms with Gasteiger partial charge in [-0.2, -0.15) is 0 Å². The molecule has 0 radical (unpaired) electrons.